The van der Waals surface area contributed by atoms with Crippen LogP contribution in [-0.2, 0) is 25.9 Å². The highest BCUT2D eigenvalue weighted by molar-refractivity contribution is 14.1. The summed E-state index contributed by atoms with van der Waals surface area (Å²) in [6.45, 7) is 3.20. The van der Waals surface area contributed by atoms with Gasteiger partial charge in [-0.1, -0.05) is 0 Å². The summed E-state index contributed by atoms with van der Waals surface area (Å²) >= 11 is 1.89. The van der Waals surface area contributed by atoms with Crippen molar-refractivity contribution in [3.8, 4) is 0 Å². The third-order valence-corrected chi connectivity index (χ3v) is 6.81. The molecule has 1 heterocycles. The van der Waals surface area contributed by atoms with Crippen molar-refractivity contribution < 1.29 is 22.3 Å². The number of hydrogen-bond acceptors (Lipinski definition) is 5. The fourth-order valence-corrected chi connectivity index (χ4v) is 3.54. The highest BCUT2D eigenvalue weighted by Crippen LogP contribution is 2.25. The van der Waals surface area contributed by atoms with Crippen LogP contribution in [0.4, 0.5) is 4.39 Å². The van der Waals surface area contributed by atoms with Crippen LogP contribution in [0, 0.1) is 9.39 Å². The summed E-state index contributed by atoms with van der Waals surface area (Å²) in [5.74, 6) is -1.15. The third kappa shape index (κ3) is 3.56. The van der Waals surface area contributed by atoms with Crippen LogP contribution in [0.3, 0.4) is 0 Å². The Labute approximate surface area is 153 Å². The van der Waals surface area contributed by atoms with E-state index in [0.29, 0.717) is 14.5 Å². The number of esters is 1. The molecule has 0 N–H and O–H groups in total. The molecule has 132 valence electrons. The maximum absolute atomic E-state index is 14.1. The molecule has 0 aliphatic carbocycles. The fourth-order valence-electron chi connectivity index (χ4n) is 2.25. The van der Waals surface area contributed by atoms with E-state index in [2.05, 4.69) is 5.10 Å². The molecule has 0 fully saturated rings. The maximum Gasteiger partial charge on any atom is 0.327 e. The van der Waals surface area contributed by atoms with E-state index in [1.54, 1.807) is 19.1 Å². The molecule has 2 rings (SSSR count). The summed E-state index contributed by atoms with van der Waals surface area (Å²) in [5, 5.41) is 4.59. The minimum Gasteiger partial charge on any atom is -0.465 e. The van der Waals surface area contributed by atoms with Crippen molar-refractivity contribution in [2.75, 3.05) is 12.9 Å². The largest absolute Gasteiger partial charge is 0.465 e. The smallest absolute Gasteiger partial charge is 0.327 e. The zero-order valence-corrected chi connectivity index (χ0v) is 16.5. The maximum atomic E-state index is 14.1. The lowest BCUT2D eigenvalue weighted by molar-refractivity contribution is -0.146. The highest BCUT2D eigenvalue weighted by Gasteiger charge is 2.44. The number of carbonyl (C=O) groups excluding carboxylic acids is 1. The molecule has 0 bridgehead atoms. The number of benzene rings is 1. The molecule has 1 aromatic carbocycles. The lowest BCUT2D eigenvalue weighted by Gasteiger charge is -2.25. The van der Waals surface area contributed by atoms with Crippen molar-refractivity contribution in [1.29, 1.82) is 0 Å². The molecule has 0 aliphatic heterocycles. The number of halogens is 2. The second kappa shape index (κ2) is 6.95. The first-order valence-corrected chi connectivity index (χ1v) is 10.2. The van der Waals surface area contributed by atoms with Crippen LogP contribution in [0.2, 0.25) is 0 Å². The summed E-state index contributed by atoms with van der Waals surface area (Å²) in [4.78, 5) is 12.1. The van der Waals surface area contributed by atoms with E-state index in [-0.39, 0.29) is 25.4 Å². The van der Waals surface area contributed by atoms with Gasteiger partial charge in [-0.15, -0.1) is 0 Å². The molecule has 0 spiro atoms. The summed E-state index contributed by atoms with van der Waals surface area (Å²) < 4.78 is 43.4. The predicted molar refractivity (Wildman–Crippen MR) is 96.9 cm³/mol. The number of nitrogens with zero attached hydrogens (tertiary/aromatic N) is 2. The Bertz CT molecular complexity index is 881. The van der Waals surface area contributed by atoms with Crippen LogP contribution >= 0.6 is 22.6 Å². The topological polar surface area (TPSA) is 78.3 Å². The van der Waals surface area contributed by atoms with Gasteiger partial charge in [-0.3, -0.25) is 9.48 Å². The third-order valence-electron chi connectivity index (χ3n) is 3.97. The molecule has 0 amide bonds. The molecular formula is C15H18FIN2O4S. The van der Waals surface area contributed by atoms with Crippen LogP contribution in [0.15, 0.2) is 18.3 Å². The molecule has 0 aliphatic rings. The molecule has 9 heteroatoms. The number of rotatable bonds is 6. The van der Waals surface area contributed by atoms with E-state index in [1.807, 2.05) is 22.6 Å². The van der Waals surface area contributed by atoms with Gasteiger partial charge in [0.1, 0.15) is 5.82 Å². The van der Waals surface area contributed by atoms with Crippen LogP contribution < -0.4 is 0 Å². The average molecular weight is 468 g/mol. The summed E-state index contributed by atoms with van der Waals surface area (Å²) in [6, 6.07) is 3.31. The molecule has 1 aromatic heterocycles. The van der Waals surface area contributed by atoms with Crippen molar-refractivity contribution in [2.24, 2.45) is 0 Å². The van der Waals surface area contributed by atoms with Gasteiger partial charge in [0.15, 0.2) is 14.6 Å². The number of sulfone groups is 1. The minimum absolute atomic E-state index is 0.0165. The Morgan fingerprint density at radius 1 is 1.46 bits per heavy atom. The van der Waals surface area contributed by atoms with Crippen LogP contribution in [0.25, 0.3) is 10.9 Å². The normalized spacial score (nSPS) is 14.5. The standard InChI is InChI=1S/C15H18FIN2O4S/c1-4-23-14(20)15(2,24(3,21)22)7-8-19-9-10-12(18-19)6-5-11(17)13(10)16/h5-6,9H,4,7-8H2,1-3H3/t15-/m1/s1. The second-order valence-electron chi connectivity index (χ2n) is 5.66. The van der Waals surface area contributed by atoms with Gasteiger partial charge >= 0.3 is 5.97 Å². The number of fused-ring (bicyclic) bond motifs is 1. The average Bonchev–Trinajstić information content (AvgIpc) is 2.91. The van der Waals surface area contributed by atoms with Gasteiger partial charge in [-0.2, -0.15) is 5.10 Å². The van der Waals surface area contributed by atoms with E-state index < -0.39 is 20.6 Å². The van der Waals surface area contributed by atoms with Crippen molar-refractivity contribution in [1.82, 2.24) is 9.78 Å². The monoisotopic (exact) mass is 468 g/mol. The van der Waals surface area contributed by atoms with Crippen LogP contribution in [-0.4, -0.2) is 41.8 Å². The van der Waals surface area contributed by atoms with E-state index in [1.165, 1.54) is 17.8 Å². The predicted octanol–water partition coefficient (Wildman–Crippen LogP) is 2.54. The Balaban J connectivity index is 2.30. The lowest BCUT2D eigenvalue weighted by atomic mass is 10.1. The first-order chi connectivity index (χ1) is 11.1. The van der Waals surface area contributed by atoms with E-state index in [4.69, 9.17) is 4.74 Å². The van der Waals surface area contributed by atoms with Gasteiger partial charge in [0, 0.05) is 22.6 Å². The zero-order chi connectivity index (χ0) is 18.1. The first kappa shape index (κ1) is 19.1. The van der Waals surface area contributed by atoms with Crippen LogP contribution in [0.1, 0.15) is 20.3 Å². The quantitative estimate of drug-likeness (QED) is 0.481. The first-order valence-electron chi connectivity index (χ1n) is 7.28. The van der Waals surface area contributed by atoms with Gasteiger partial charge in [-0.25, -0.2) is 12.8 Å². The lowest BCUT2D eigenvalue weighted by Crippen LogP contribution is -2.45. The van der Waals surface area contributed by atoms with E-state index >= 15 is 0 Å². The summed E-state index contributed by atoms with van der Waals surface area (Å²) in [5.41, 5.74) is 0.477. The number of aryl methyl sites for hydroxylation is 1. The van der Waals surface area contributed by atoms with Crippen molar-refractivity contribution >= 4 is 49.3 Å². The number of ether oxygens (including phenoxy) is 1. The molecule has 1 atom stereocenters. The fraction of sp³-hybridized carbons (Fsp3) is 0.467. The van der Waals surface area contributed by atoms with Gasteiger partial charge in [0.25, 0.3) is 0 Å². The Morgan fingerprint density at radius 2 is 2.12 bits per heavy atom. The van der Waals surface area contributed by atoms with Crippen molar-refractivity contribution in [3.63, 3.8) is 0 Å². The SMILES string of the molecule is CCOC(=O)[C@@](C)(CCn1cc2c(F)c(I)ccc2n1)S(C)(=O)=O. The van der Waals surface area contributed by atoms with Crippen molar-refractivity contribution in [3.05, 3.63) is 27.7 Å². The molecule has 0 saturated heterocycles. The molecule has 24 heavy (non-hydrogen) atoms. The molecule has 0 radical (unpaired) electrons. The molecule has 0 unspecified atom stereocenters. The van der Waals surface area contributed by atoms with Gasteiger partial charge in [0.05, 0.1) is 17.5 Å². The number of aromatic nitrogens is 2. The minimum atomic E-state index is -3.69. The van der Waals surface area contributed by atoms with E-state index in [9.17, 15) is 17.6 Å². The Hall–Kier alpha value is -1.23. The number of hydrogen-bond donors (Lipinski definition) is 0. The van der Waals surface area contributed by atoms with Crippen molar-refractivity contribution in [2.45, 2.75) is 31.6 Å². The second-order valence-corrected chi connectivity index (χ2v) is 9.27. The summed E-state index contributed by atoms with van der Waals surface area (Å²) in [6.07, 6.45) is 2.50. The molecule has 2 aromatic rings. The Morgan fingerprint density at radius 3 is 2.71 bits per heavy atom. The molecule has 6 nitrogen and oxygen atoms in total. The van der Waals surface area contributed by atoms with Gasteiger partial charge in [-0.05, 0) is 55.0 Å². The van der Waals surface area contributed by atoms with Gasteiger partial charge < -0.3 is 4.74 Å². The Kier molecular flexibility index (Phi) is 5.53. The highest BCUT2D eigenvalue weighted by atomic mass is 127. The molecular weight excluding hydrogens is 450 g/mol. The molecule has 0 saturated carbocycles. The van der Waals surface area contributed by atoms with Gasteiger partial charge in [0.2, 0.25) is 0 Å². The zero-order valence-electron chi connectivity index (χ0n) is 13.5. The summed E-state index contributed by atoms with van der Waals surface area (Å²) in [7, 11) is -3.69. The van der Waals surface area contributed by atoms with E-state index in [0.717, 1.165) is 6.26 Å². The van der Waals surface area contributed by atoms with Crippen LogP contribution in [0.5, 0.6) is 0 Å². The number of carbonyl (C=O) groups is 1.